The zero-order valence-electron chi connectivity index (χ0n) is 13.2. The van der Waals surface area contributed by atoms with Gasteiger partial charge in [0, 0.05) is 43.2 Å². The maximum absolute atomic E-state index is 12.4. The molecule has 2 N–H and O–H groups in total. The lowest BCUT2D eigenvalue weighted by atomic mass is 10.1. The molecule has 0 unspecified atom stereocenters. The number of carboxylic acid groups (broad SMARTS) is 1. The largest absolute Gasteiger partial charge is 0.480 e. The van der Waals surface area contributed by atoms with E-state index in [-0.39, 0.29) is 12.5 Å². The number of rotatable bonds is 4. The maximum atomic E-state index is 12.4. The number of aromatic nitrogens is 1. The standard InChI is InChI=1S/C17H21N3O3/c1-19-8-9-20(11-15(19)17(22)23)16(21)7-6-12-10-18-14-5-3-2-4-13(12)14/h2-5,10,15,18H,6-9,11H2,1H3,(H,22,23)/t15-/m0/s1. The quantitative estimate of drug-likeness (QED) is 0.892. The van der Waals surface area contributed by atoms with Gasteiger partial charge in [0.15, 0.2) is 0 Å². The molecule has 1 aliphatic heterocycles. The van der Waals surface area contributed by atoms with Crippen molar-refractivity contribution in [1.82, 2.24) is 14.8 Å². The number of para-hydroxylation sites is 1. The number of hydrogen-bond acceptors (Lipinski definition) is 3. The Labute approximate surface area is 134 Å². The number of nitrogens with one attached hydrogen (secondary N) is 1. The number of carboxylic acids is 1. The second-order valence-corrected chi connectivity index (χ2v) is 6.03. The molecule has 3 rings (SSSR count). The minimum Gasteiger partial charge on any atom is -0.480 e. The van der Waals surface area contributed by atoms with E-state index in [9.17, 15) is 14.7 Å². The van der Waals surface area contributed by atoms with E-state index in [0.717, 1.165) is 16.5 Å². The van der Waals surface area contributed by atoms with Gasteiger partial charge in [-0.2, -0.15) is 0 Å². The SMILES string of the molecule is CN1CCN(C(=O)CCc2c[nH]c3ccccc23)C[C@H]1C(=O)O. The molecule has 6 nitrogen and oxygen atoms in total. The summed E-state index contributed by atoms with van der Waals surface area (Å²) in [6, 6.07) is 7.41. The summed E-state index contributed by atoms with van der Waals surface area (Å²) in [6.07, 6.45) is 3.01. The second kappa shape index (κ2) is 6.42. The Morgan fingerprint density at radius 1 is 1.30 bits per heavy atom. The Kier molecular flexibility index (Phi) is 4.34. The van der Waals surface area contributed by atoms with E-state index in [1.165, 1.54) is 0 Å². The summed E-state index contributed by atoms with van der Waals surface area (Å²) < 4.78 is 0. The molecule has 0 spiro atoms. The summed E-state index contributed by atoms with van der Waals surface area (Å²) in [5.41, 5.74) is 2.19. The molecule has 23 heavy (non-hydrogen) atoms. The molecule has 1 aromatic carbocycles. The van der Waals surface area contributed by atoms with Crippen LogP contribution >= 0.6 is 0 Å². The van der Waals surface area contributed by atoms with Crippen LogP contribution in [-0.2, 0) is 16.0 Å². The Morgan fingerprint density at radius 2 is 2.09 bits per heavy atom. The summed E-state index contributed by atoms with van der Waals surface area (Å²) >= 11 is 0. The summed E-state index contributed by atoms with van der Waals surface area (Å²) in [5.74, 6) is -0.851. The number of aryl methyl sites for hydroxylation is 1. The lowest BCUT2D eigenvalue weighted by Crippen LogP contribution is -2.56. The van der Waals surface area contributed by atoms with Gasteiger partial charge >= 0.3 is 5.97 Å². The van der Waals surface area contributed by atoms with Crippen molar-refractivity contribution in [3.8, 4) is 0 Å². The van der Waals surface area contributed by atoms with Crippen LogP contribution in [0.1, 0.15) is 12.0 Å². The molecular formula is C17H21N3O3. The minimum absolute atomic E-state index is 0.0228. The van der Waals surface area contributed by atoms with E-state index >= 15 is 0 Å². The van der Waals surface area contributed by atoms with Crippen molar-refractivity contribution in [3.63, 3.8) is 0 Å². The number of fused-ring (bicyclic) bond motifs is 1. The van der Waals surface area contributed by atoms with Gasteiger partial charge in [0.05, 0.1) is 0 Å². The van der Waals surface area contributed by atoms with Gasteiger partial charge in [-0.15, -0.1) is 0 Å². The monoisotopic (exact) mass is 315 g/mol. The van der Waals surface area contributed by atoms with Crippen molar-refractivity contribution < 1.29 is 14.7 Å². The molecule has 1 amide bonds. The molecule has 1 fully saturated rings. The molecule has 2 aromatic rings. The van der Waals surface area contributed by atoms with Crippen molar-refractivity contribution in [2.75, 3.05) is 26.7 Å². The van der Waals surface area contributed by atoms with Gasteiger partial charge in [-0.1, -0.05) is 18.2 Å². The Morgan fingerprint density at radius 3 is 2.87 bits per heavy atom. The van der Waals surface area contributed by atoms with Gasteiger partial charge in [0.2, 0.25) is 5.91 Å². The van der Waals surface area contributed by atoms with Crippen molar-refractivity contribution in [1.29, 1.82) is 0 Å². The first-order valence-corrected chi connectivity index (χ1v) is 7.82. The molecule has 122 valence electrons. The maximum Gasteiger partial charge on any atom is 0.322 e. The number of likely N-dealkylation sites (N-methyl/N-ethyl adjacent to an activating group) is 1. The number of H-pyrrole nitrogens is 1. The van der Waals surface area contributed by atoms with Crippen molar-refractivity contribution in [2.45, 2.75) is 18.9 Å². The first-order chi connectivity index (χ1) is 11.1. The highest BCUT2D eigenvalue weighted by Gasteiger charge is 2.31. The second-order valence-electron chi connectivity index (χ2n) is 6.03. The first kappa shape index (κ1) is 15.6. The number of piperazine rings is 1. The third-order valence-corrected chi connectivity index (χ3v) is 4.57. The number of amides is 1. The van der Waals surface area contributed by atoms with Gasteiger partial charge in [-0.05, 0) is 25.1 Å². The van der Waals surface area contributed by atoms with Crippen LogP contribution in [0.3, 0.4) is 0 Å². The molecule has 2 heterocycles. The summed E-state index contributed by atoms with van der Waals surface area (Å²) in [6.45, 7) is 1.45. The van der Waals surface area contributed by atoms with E-state index in [4.69, 9.17) is 0 Å². The van der Waals surface area contributed by atoms with Crippen LogP contribution in [-0.4, -0.2) is 64.5 Å². The fourth-order valence-corrected chi connectivity index (χ4v) is 3.11. The fraction of sp³-hybridized carbons (Fsp3) is 0.412. The average Bonchev–Trinajstić information content (AvgIpc) is 2.96. The van der Waals surface area contributed by atoms with Gasteiger partial charge in [0.25, 0.3) is 0 Å². The van der Waals surface area contributed by atoms with E-state index in [2.05, 4.69) is 4.98 Å². The van der Waals surface area contributed by atoms with Crippen LogP contribution in [0.2, 0.25) is 0 Å². The number of aromatic amines is 1. The van der Waals surface area contributed by atoms with Crippen molar-refractivity contribution in [3.05, 3.63) is 36.0 Å². The highest BCUT2D eigenvalue weighted by atomic mass is 16.4. The molecule has 0 radical (unpaired) electrons. The lowest BCUT2D eigenvalue weighted by Gasteiger charge is -2.37. The third kappa shape index (κ3) is 3.22. The number of nitrogens with zero attached hydrogens (tertiary/aromatic N) is 2. The van der Waals surface area contributed by atoms with Gasteiger partial charge in [-0.25, -0.2) is 0 Å². The Hall–Kier alpha value is -2.34. The van der Waals surface area contributed by atoms with Crippen LogP contribution < -0.4 is 0 Å². The number of benzene rings is 1. The van der Waals surface area contributed by atoms with Crippen LogP contribution in [0.25, 0.3) is 10.9 Å². The number of hydrogen-bond donors (Lipinski definition) is 2. The van der Waals surface area contributed by atoms with Crippen LogP contribution in [0.5, 0.6) is 0 Å². The predicted molar refractivity (Wildman–Crippen MR) is 87.3 cm³/mol. The van der Waals surface area contributed by atoms with Crippen LogP contribution in [0.4, 0.5) is 0 Å². The van der Waals surface area contributed by atoms with Crippen LogP contribution in [0.15, 0.2) is 30.5 Å². The van der Waals surface area contributed by atoms with Gasteiger partial charge in [0.1, 0.15) is 6.04 Å². The van der Waals surface area contributed by atoms with Crippen LogP contribution in [0, 0.1) is 0 Å². The molecule has 1 aromatic heterocycles. The normalized spacial score (nSPS) is 19.2. The van der Waals surface area contributed by atoms with E-state index < -0.39 is 12.0 Å². The zero-order chi connectivity index (χ0) is 16.4. The van der Waals surface area contributed by atoms with Crippen molar-refractivity contribution in [2.24, 2.45) is 0 Å². The molecule has 6 heteroatoms. The molecule has 0 bridgehead atoms. The molecular weight excluding hydrogens is 294 g/mol. The highest BCUT2D eigenvalue weighted by molar-refractivity contribution is 5.84. The number of aliphatic carboxylic acids is 1. The summed E-state index contributed by atoms with van der Waals surface area (Å²) in [5, 5.41) is 10.4. The lowest BCUT2D eigenvalue weighted by molar-refractivity contribution is -0.147. The smallest absolute Gasteiger partial charge is 0.322 e. The minimum atomic E-state index is -0.873. The molecule has 1 atom stereocenters. The Bertz CT molecular complexity index is 725. The van der Waals surface area contributed by atoms with Gasteiger partial charge < -0.3 is 15.0 Å². The van der Waals surface area contributed by atoms with E-state index in [0.29, 0.717) is 25.9 Å². The topological polar surface area (TPSA) is 76.6 Å². The molecule has 1 aliphatic rings. The molecule has 0 saturated carbocycles. The average molecular weight is 315 g/mol. The van der Waals surface area contributed by atoms with E-state index in [1.54, 1.807) is 16.8 Å². The fourth-order valence-electron chi connectivity index (χ4n) is 3.11. The first-order valence-electron chi connectivity index (χ1n) is 7.82. The number of carbonyl (C=O) groups excluding carboxylic acids is 1. The number of carbonyl (C=O) groups is 2. The van der Waals surface area contributed by atoms with Gasteiger partial charge in [-0.3, -0.25) is 14.5 Å². The van der Waals surface area contributed by atoms with Crippen molar-refractivity contribution >= 4 is 22.8 Å². The summed E-state index contributed by atoms with van der Waals surface area (Å²) in [7, 11) is 1.78. The zero-order valence-corrected chi connectivity index (χ0v) is 13.2. The summed E-state index contributed by atoms with van der Waals surface area (Å²) in [4.78, 5) is 30.3. The Balaban J connectivity index is 1.62. The predicted octanol–water partition coefficient (Wildman–Crippen LogP) is 1.33. The molecule has 1 saturated heterocycles. The van der Waals surface area contributed by atoms with E-state index in [1.807, 2.05) is 30.5 Å². The highest BCUT2D eigenvalue weighted by Crippen LogP contribution is 2.19. The third-order valence-electron chi connectivity index (χ3n) is 4.57. The molecule has 0 aliphatic carbocycles.